The molecule has 0 spiro atoms. The summed E-state index contributed by atoms with van der Waals surface area (Å²) < 4.78 is 5.61. The summed E-state index contributed by atoms with van der Waals surface area (Å²) >= 11 is 0. The number of carboxylic acids is 1. The fourth-order valence-electron chi connectivity index (χ4n) is 5.20. The van der Waals surface area contributed by atoms with Crippen molar-refractivity contribution in [3.8, 4) is 11.1 Å². The van der Waals surface area contributed by atoms with Gasteiger partial charge >= 0.3 is 12.1 Å². The first-order valence-corrected chi connectivity index (χ1v) is 12.0. The summed E-state index contributed by atoms with van der Waals surface area (Å²) in [5.41, 5.74) is 4.53. The molecular formula is C27H32N2O5. The molecule has 0 aliphatic heterocycles. The number of fused-ring (bicyclic) bond motifs is 3. The predicted molar refractivity (Wildman–Crippen MR) is 128 cm³/mol. The van der Waals surface area contributed by atoms with Crippen LogP contribution in [0.1, 0.15) is 56.6 Å². The minimum Gasteiger partial charge on any atom is -0.481 e. The number of carbonyl (C=O) groups excluding carboxylic acids is 2. The number of aliphatic carboxylic acids is 1. The van der Waals surface area contributed by atoms with Crippen molar-refractivity contribution in [2.45, 2.75) is 57.5 Å². The second-order valence-electron chi connectivity index (χ2n) is 9.64. The summed E-state index contributed by atoms with van der Waals surface area (Å²) in [4.78, 5) is 37.1. The van der Waals surface area contributed by atoms with Gasteiger partial charge in [0.15, 0.2) is 0 Å². The fraction of sp³-hybridized carbons (Fsp3) is 0.444. The topological polar surface area (TPSA) is 105 Å². The van der Waals surface area contributed by atoms with Crippen molar-refractivity contribution in [2.24, 2.45) is 11.8 Å². The van der Waals surface area contributed by atoms with Crippen LogP contribution in [0.2, 0.25) is 0 Å². The molecule has 7 nitrogen and oxygen atoms in total. The van der Waals surface area contributed by atoms with E-state index in [4.69, 9.17) is 4.74 Å². The van der Waals surface area contributed by atoms with Gasteiger partial charge in [0.1, 0.15) is 12.6 Å². The van der Waals surface area contributed by atoms with E-state index in [1.165, 1.54) is 0 Å². The maximum Gasteiger partial charge on any atom is 0.407 e. The van der Waals surface area contributed by atoms with Gasteiger partial charge in [0.05, 0.1) is 5.92 Å². The number of benzene rings is 2. The predicted octanol–water partition coefficient (Wildman–Crippen LogP) is 4.31. The lowest BCUT2D eigenvalue weighted by atomic mass is 9.98. The number of rotatable bonds is 8. The van der Waals surface area contributed by atoms with Gasteiger partial charge in [-0.15, -0.1) is 0 Å². The van der Waals surface area contributed by atoms with Crippen LogP contribution in [0.5, 0.6) is 0 Å². The van der Waals surface area contributed by atoms with Crippen molar-refractivity contribution < 1.29 is 24.2 Å². The van der Waals surface area contributed by atoms with Crippen LogP contribution in [0.25, 0.3) is 11.1 Å². The molecule has 2 amide bonds. The van der Waals surface area contributed by atoms with Gasteiger partial charge in [-0.05, 0) is 47.4 Å². The van der Waals surface area contributed by atoms with Gasteiger partial charge in [0.25, 0.3) is 0 Å². The number of carboxylic acid groups (broad SMARTS) is 1. The Bertz CT molecular complexity index is 1020. The van der Waals surface area contributed by atoms with Crippen molar-refractivity contribution in [1.29, 1.82) is 0 Å². The van der Waals surface area contributed by atoms with E-state index in [-0.39, 0.29) is 24.3 Å². The zero-order chi connectivity index (χ0) is 24.2. The summed E-state index contributed by atoms with van der Waals surface area (Å²) in [6, 6.07) is 15.0. The smallest absolute Gasteiger partial charge is 0.407 e. The van der Waals surface area contributed by atoms with E-state index in [2.05, 4.69) is 34.9 Å². The monoisotopic (exact) mass is 464 g/mol. The summed E-state index contributed by atoms with van der Waals surface area (Å²) in [5, 5.41) is 15.0. The lowest BCUT2D eigenvalue weighted by molar-refractivity contribution is -0.142. The molecular weight excluding hydrogens is 432 g/mol. The zero-order valence-corrected chi connectivity index (χ0v) is 19.6. The van der Waals surface area contributed by atoms with Gasteiger partial charge in [-0.3, -0.25) is 9.59 Å². The molecule has 4 rings (SSSR count). The second kappa shape index (κ2) is 10.3. The first kappa shape index (κ1) is 23.8. The zero-order valence-electron chi connectivity index (χ0n) is 19.6. The molecule has 34 heavy (non-hydrogen) atoms. The Hall–Kier alpha value is -3.35. The average molecular weight is 465 g/mol. The highest BCUT2D eigenvalue weighted by Gasteiger charge is 2.36. The number of ether oxygens (including phenoxy) is 1. The molecule has 7 heteroatoms. The van der Waals surface area contributed by atoms with Crippen molar-refractivity contribution in [3.05, 3.63) is 59.7 Å². The number of hydrogen-bond donors (Lipinski definition) is 3. The molecule has 0 radical (unpaired) electrons. The van der Waals surface area contributed by atoms with Crippen molar-refractivity contribution in [2.75, 3.05) is 6.61 Å². The Labute approximate surface area is 199 Å². The van der Waals surface area contributed by atoms with Gasteiger partial charge < -0.3 is 20.5 Å². The third kappa shape index (κ3) is 5.08. The van der Waals surface area contributed by atoms with Gasteiger partial charge in [-0.1, -0.05) is 68.8 Å². The molecule has 0 unspecified atom stereocenters. The number of hydrogen-bond acceptors (Lipinski definition) is 4. The summed E-state index contributed by atoms with van der Waals surface area (Å²) in [7, 11) is 0. The quantitative estimate of drug-likeness (QED) is 0.540. The molecule has 0 aromatic heterocycles. The van der Waals surface area contributed by atoms with Crippen LogP contribution in [0, 0.1) is 11.8 Å². The number of nitrogens with one attached hydrogen (secondary N) is 2. The Balaban J connectivity index is 1.40. The number of carbonyl (C=O) groups is 3. The Morgan fingerprint density at radius 3 is 2.21 bits per heavy atom. The van der Waals surface area contributed by atoms with Gasteiger partial charge in [0, 0.05) is 12.0 Å². The Kier molecular flexibility index (Phi) is 7.20. The summed E-state index contributed by atoms with van der Waals surface area (Å²) in [5.74, 6) is -1.75. The Morgan fingerprint density at radius 1 is 1.00 bits per heavy atom. The fourth-order valence-corrected chi connectivity index (χ4v) is 5.20. The number of alkyl carbamates (subject to hydrolysis) is 1. The first-order valence-electron chi connectivity index (χ1n) is 12.0. The van der Waals surface area contributed by atoms with Crippen LogP contribution in [-0.2, 0) is 14.3 Å². The Morgan fingerprint density at radius 2 is 1.62 bits per heavy atom. The molecule has 1 saturated carbocycles. The van der Waals surface area contributed by atoms with E-state index in [0.29, 0.717) is 19.3 Å². The third-order valence-electron chi connectivity index (χ3n) is 6.82. The average Bonchev–Trinajstić information content (AvgIpc) is 3.39. The van der Waals surface area contributed by atoms with Crippen molar-refractivity contribution >= 4 is 18.0 Å². The normalized spacial score (nSPS) is 19.9. The highest BCUT2D eigenvalue weighted by atomic mass is 16.5. The lowest BCUT2D eigenvalue weighted by Crippen LogP contribution is -2.51. The van der Waals surface area contributed by atoms with Crippen molar-refractivity contribution in [3.63, 3.8) is 0 Å². The van der Waals surface area contributed by atoms with Crippen LogP contribution in [0.15, 0.2) is 48.5 Å². The van der Waals surface area contributed by atoms with Crippen LogP contribution in [-0.4, -0.2) is 41.8 Å². The molecule has 2 aromatic rings. The minimum atomic E-state index is -0.896. The first-order chi connectivity index (χ1) is 16.3. The molecule has 1 fully saturated rings. The second-order valence-corrected chi connectivity index (χ2v) is 9.64. The molecule has 0 heterocycles. The number of amides is 2. The summed E-state index contributed by atoms with van der Waals surface area (Å²) in [6.45, 7) is 4.10. The van der Waals surface area contributed by atoms with E-state index in [1.54, 1.807) is 0 Å². The molecule has 2 aliphatic rings. The van der Waals surface area contributed by atoms with E-state index >= 15 is 0 Å². The summed E-state index contributed by atoms with van der Waals surface area (Å²) in [6.07, 6.45) is 1.72. The van der Waals surface area contributed by atoms with Crippen LogP contribution >= 0.6 is 0 Å². The lowest BCUT2D eigenvalue weighted by Gasteiger charge is -2.24. The molecule has 2 aliphatic carbocycles. The van der Waals surface area contributed by atoms with Crippen LogP contribution in [0.3, 0.4) is 0 Å². The van der Waals surface area contributed by atoms with E-state index < -0.39 is 30.1 Å². The SMILES string of the molecule is CC(C)C[C@H](NC(=O)OCC1c2ccccc2-c2ccccc21)C(=O)N[C@@H]1CCC[C@@H]1C(=O)O. The molecule has 0 bridgehead atoms. The minimum absolute atomic E-state index is 0.0645. The van der Waals surface area contributed by atoms with Gasteiger partial charge in [0.2, 0.25) is 5.91 Å². The largest absolute Gasteiger partial charge is 0.481 e. The van der Waals surface area contributed by atoms with Gasteiger partial charge in [-0.2, -0.15) is 0 Å². The molecule has 3 N–H and O–H groups in total. The third-order valence-corrected chi connectivity index (χ3v) is 6.82. The highest BCUT2D eigenvalue weighted by Crippen LogP contribution is 2.44. The molecule has 0 saturated heterocycles. The van der Waals surface area contributed by atoms with E-state index in [1.807, 2.05) is 38.1 Å². The molecule has 3 atom stereocenters. The molecule has 2 aromatic carbocycles. The highest BCUT2D eigenvalue weighted by molar-refractivity contribution is 5.86. The van der Waals surface area contributed by atoms with E-state index in [0.717, 1.165) is 28.7 Å². The van der Waals surface area contributed by atoms with Crippen LogP contribution in [0.4, 0.5) is 4.79 Å². The standard InChI is InChI=1S/C27H32N2O5/c1-16(2)14-24(25(30)28-23-13-7-12-21(23)26(31)32)29-27(33)34-15-22-19-10-5-3-8-17(19)18-9-4-6-11-20(18)22/h3-6,8-11,16,21-24H,7,12-15H2,1-2H3,(H,28,30)(H,29,33)(H,31,32)/t21-,23+,24-/m0/s1. The maximum atomic E-state index is 13.0. The molecule has 180 valence electrons. The van der Waals surface area contributed by atoms with Gasteiger partial charge in [-0.25, -0.2) is 4.79 Å². The van der Waals surface area contributed by atoms with E-state index in [9.17, 15) is 19.5 Å². The van der Waals surface area contributed by atoms with Crippen molar-refractivity contribution in [1.82, 2.24) is 10.6 Å². The van der Waals surface area contributed by atoms with Crippen LogP contribution < -0.4 is 10.6 Å². The maximum absolute atomic E-state index is 13.0.